The van der Waals surface area contributed by atoms with E-state index in [9.17, 15) is 0 Å². The number of halogens is 1. The van der Waals surface area contributed by atoms with Gasteiger partial charge >= 0.3 is 0 Å². The highest BCUT2D eigenvalue weighted by atomic mass is 35.5. The number of benzene rings is 2. The molecule has 0 radical (unpaired) electrons. The summed E-state index contributed by atoms with van der Waals surface area (Å²) in [5.74, 6) is 1.77. The first-order valence-electron chi connectivity index (χ1n) is 11.1. The molecule has 3 heterocycles. The zero-order chi connectivity index (χ0) is 20.3. The molecule has 3 aliphatic heterocycles. The van der Waals surface area contributed by atoms with Crippen LogP contribution in [0.15, 0.2) is 42.5 Å². The second-order valence-corrected chi connectivity index (χ2v) is 8.95. The predicted molar refractivity (Wildman–Crippen MR) is 121 cm³/mol. The molecule has 0 spiro atoms. The minimum Gasteiger partial charge on any atom is -0.486 e. The van der Waals surface area contributed by atoms with Gasteiger partial charge in [0.15, 0.2) is 11.5 Å². The molecule has 6 heteroatoms. The second kappa shape index (κ2) is 9.04. The van der Waals surface area contributed by atoms with Gasteiger partial charge in [-0.2, -0.15) is 0 Å². The molecule has 2 fully saturated rings. The Morgan fingerprint density at radius 3 is 2.57 bits per heavy atom. The van der Waals surface area contributed by atoms with Gasteiger partial charge in [0.25, 0.3) is 0 Å². The minimum absolute atomic E-state index is 0.642. The molecule has 5 rings (SSSR count). The van der Waals surface area contributed by atoms with Crippen molar-refractivity contribution >= 4 is 17.3 Å². The first-order chi connectivity index (χ1) is 14.7. The number of rotatable bonds is 4. The molecule has 5 nitrogen and oxygen atoms in total. The van der Waals surface area contributed by atoms with E-state index in [4.69, 9.17) is 21.1 Å². The largest absolute Gasteiger partial charge is 0.486 e. The lowest BCUT2D eigenvalue weighted by atomic mass is 10.0. The molecule has 1 atom stereocenters. The van der Waals surface area contributed by atoms with Crippen LogP contribution in [0.3, 0.4) is 0 Å². The average Bonchev–Trinajstić information content (AvgIpc) is 2.79. The first kappa shape index (κ1) is 20.0. The van der Waals surface area contributed by atoms with Crippen molar-refractivity contribution in [2.75, 3.05) is 57.4 Å². The number of piperidine rings is 1. The van der Waals surface area contributed by atoms with Gasteiger partial charge in [-0.15, -0.1) is 0 Å². The van der Waals surface area contributed by atoms with Crippen LogP contribution in [0.2, 0.25) is 5.02 Å². The highest BCUT2D eigenvalue weighted by Crippen LogP contribution is 2.31. The topological polar surface area (TPSA) is 28.2 Å². The highest BCUT2D eigenvalue weighted by molar-refractivity contribution is 6.30. The number of hydrogen-bond donors (Lipinski definition) is 0. The number of fused-ring (bicyclic) bond motifs is 1. The van der Waals surface area contributed by atoms with Gasteiger partial charge in [0.1, 0.15) is 13.2 Å². The third kappa shape index (κ3) is 4.53. The van der Waals surface area contributed by atoms with Gasteiger partial charge in [0.2, 0.25) is 0 Å². The number of nitrogens with zero attached hydrogens (tertiary/aromatic N) is 3. The van der Waals surface area contributed by atoms with Crippen LogP contribution in [0, 0.1) is 0 Å². The van der Waals surface area contributed by atoms with Crippen LogP contribution in [0.4, 0.5) is 5.69 Å². The van der Waals surface area contributed by atoms with Crippen molar-refractivity contribution in [1.82, 2.24) is 9.80 Å². The Morgan fingerprint density at radius 1 is 0.900 bits per heavy atom. The van der Waals surface area contributed by atoms with E-state index in [1.165, 1.54) is 30.6 Å². The van der Waals surface area contributed by atoms with Crippen LogP contribution in [-0.2, 0) is 6.54 Å². The van der Waals surface area contributed by atoms with Gasteiger partial charge in [-0.05, 0) is 55.3 Å². The SMILES string of the molecule is Clc1cccc(N2CCN(C3CCCN(Cc4ccc5c(c4)OCCO5)C3)CC2)c1. The molecule has 0 amide bonds. The standard InChI is InChI=1S/C24H30ClN3O2/c25-20-3-1-4-21(16-20)27-9-11-28(12-10-27)22-5-2-8-26(18-22)17-19-6-7-23-24(15-19)30-14-13-29-23/h1,3-4,6-7,15-16,22H,2,5,8-14,17-18H2. The molecule has 3 aliphatic rings. The Kier molecular flexibility index (Phi) is 6.02. The lowest BCUT2D eigenvalue weighted by molar-refractivity contribution is 0.0886. The van der Waals surface area contributed by atoms with Crippen molar-refractivity contribution in [3.63, 3.8) is 0 Å². The average molecular weight is 428 g/mol. The van der Waals surface area contributed by atoms with E-state index >= 15 is 0 Å². The van der Waals surface area contributed by atoms with Gasteiger partial charge in [0.05, 0.1) is 0 Å². The van der Waals surface area contributed by atoms with Gasteiger partial charge in [-0.3, -0.25) is 9.80 Å². The summed E-state index contributed by atoms with van der Waals surface area (Å²) in [6.45, 7) is 8.96. The van der Waals surface area contributed by atoms with Crippen LogP contribution < -0.4 is 14.4 Å². The van der Waals surface area contributed by atoms with E-state index in [0.29, 0.717) is 19.3 Å². The van der Waals surface area contributed by atoms with Crippen molar-refractivity contribution in [2.45, 2.75) is 25.4 Å². The fraction of sp³-hybridized carbons (Fsp3) is 0.500. The Bertz CT molecular complexity index is 869. The Hall–Kier alpha value is -1.95. The molecule has 30 heavy (non-hydrogen) atoms. The summed E-state index contributed by atoms with van der Waals surface area (Å²) in [5.41, 5.74) is 2.55. The molecular formula is C24H30ClN3O2. The van der Waals surface area contributed by atoms with Gasteiger partial charge < -0.3 is 14.4 Å². The monoisotopic (exact) mass is 427 g/mol. The quantitative estimate of drug-likeness (QED) is 0.738. The Labute approximate surface area is 184 Å². The van der Waals surface area contributed by atoms with Crippen molar-refractivity contribution in [1.29, 1.82) is 0 Å². The maximum atomic E-state index is 6.18. The Balaban J connectivity index is 1.16. The van der Waals surface area contributed by atoms with Crippen LogP contribution >= 0.6 is 11.6 Å². The van der Waals surface area contributed by atoms with E-state index in [2.05, 4.69) is 45.0 Å². The molecule has 160 valence electrons. The van der Waals surface area contributed by atoms with Crippen LogP contribution in [0.25, 0.3) is 0 Å². The van der Waals surface area contributed by atoms with E-state index in [-0.39, 0.29) is 0 Å². The van der Waals surface area contributed by atoms with E-state index in [1.807, 2.05) is 12.1 Å². The molecular weight excluding hydrogens is 398 g/mol. The molecule has 0 bridgehead atoms. The van der Waals surface area contributed by atoms with Crippen molar-refractivity contribution in [2.24, 2.45) is 0 Å². The Morgan fingerprint density at radius 2 is 1.73 bits per heavy atom. The van der Waals surface area contributed by atoms with Crippen molar-refractivity contribution in [3.05, 3.63) is 53.1 Å². The molecule has 2 aromatic rings. The molecule has 0 saturated carbocycles. The highest BCUT2D eigenvalue weighted by Gasteiger charge is 2.28. The van der Waals surface area contributed by atoms with Crippen LogP contribution in [-0.4, -0.2) is 68.3 Å². The lowest BCUT2D eigenvalue weighted by Crippen LogP contribution is -2.55. The summed E-state index contributed by atoms with van der Waals surface area (Å²) in [4.78, 5) is 7.75. The fourth-order valence-electron chi connectivity index (χ4n) is 4.94. The summed E-state index contributed by atoms with van der Waals surface area (Å²) in [6, 6.07) is 15.3. The van der Waals surface area contributed by atoms with Crippen LogP contribution in [0.5, 0.6) is 11.5 Å². The second-order valence-electron chi connectivity index (χ2n) is 8.51. The normalized spacial score (nSPS) is 22.8. The first-order valence-corrected chi connectivity index (χ1v) is 11.5. The van der Waals surface area contributed by atoms with Gasteiger partial charge in [-0.25, -0.2) is 0 Å². The summed E-state index contributed by atoms with van der Waals surface area (Å²) in [6.07, 6.45) is 2.57. The van der Waals surface area contributed by atoms with Crippen molar-refractivity contribution in [3.8, 4) is 11.5 Å². The number of hydrogen-bond acceptors (Lipinski definition) is 5. The third-order valence-electron chi connectivity index (χ3n) is 6.50. The summed E-state index contributed by atoms with van der Waals surface area (Å²) >= 11 is 6.18. The zero-order valence-corrected chi connectivity index (χ0v) is 18.2. The predicted octanol–water partition coefficient (Wildman–Crippen LogP) is 3.90. The lowest BCUT2D eigenvalue weighted by Gasteiger charge is -2.44. The molecule has 1 unspecified atom stereocenters. The summed E-state index contributed by atoms with van der Waals surface area (Å²) in [5, 5.41) is 0.817. The number of piperazine rings is 1. The summed E-state index contributed by atoms with van der Waals surface area (Å²) in [7, 11) is 0. The summed E-state index contributed by atoms with van der Waals surface area (Å²) < 4.78 is 11.4. The maximum Gasteiger partial charge on any atom is 0.161 e. The zero-order valence-electron chi connectivity index (χ0n) is 17.4. The molecule has 0 aromatic heterocycles. The van der Waals surface area contributed by atoms with Gasteiger partial charge in [-0.1, -0.05) is 23.7 Å². The van der Waals surface area contributed by atoms with Crippen LogP contribution in [0.1, 0.15) is 18.4 Å². The number of anilines is 1. The molecule has 2 saturated heterocycles. The van der Waals surface area contributed by atoms with Crippen molar-refractivity contribution < 1.29 is 9.47 Å². The minimum atomic E-state index is 0.642. The van der Waals surface area contributed by atoms with E-state index in [1.54, 1.807) is 0 Å². The fourth-order valence-corrected chi connectivity index (χ4v) is 5.12. The number of ether oxygens (including phenoxy) is 2. The third-order valence-corrected chi connectivity index (χ3v) is 6.73. The molecule has 0 aliphatic carbocycles. The molecule has 2 aromatic carbocycles. The number of likely N-dealkylation sites (tertiary alicyclic amines) is 1. The van der Waals surface area contributed by atoms with E-state index in [0.717, 1.165) is 55.8 Å². The van der Waals surface area contributed by atoms with Gasteiger partial charge in [0, 0.05) is 56.0 Å². The van der Waals surface area contributed by atoms with E-state index < -0.39 is 0 Å². The smallest absolute Gasteiger partial charge is 0.161 e. The maximum absolute atomic E-state index is 6.18. The molecule has 0 N–H and O–H groups in total.